The minimum Gasteiger partial charge on any atom is -0.300 e. The highest BCUT2D eigenvalue weighted by Crippen LogP contribution is 2.09. The Morgan fingerprint density at radius 1 is 0.375 bits per heavy atom. The molecule has 1 fully saturated rings. The summed E-state index contributed by atoms with van der Waals surface area (Å²) in [5.41, 5.74) is 0. The fourth-order valence-corrected chi connectivity index (χ4v) is 1.62. The molecule has 0 aromatic carbocycles. The Bertz CT molecular complexity index is 229. The van der Waals surface area contributed by atoms with Gasteiger partial charge in [0.15, 0.2) is 0 Å². The van der Waals surface area contributed by atoms with Gasteiger partial charge in [0, 0.05) is 51.4 Å². The lowest BCUT2D eigenvalue weighted by atomic mass is 9.98. The first-order valence-corrected chi connectivity index (χ1v) is 5.64. The van der Waals surface area contributed by atoms with Gasteiger partial charge in [-0.3, -0.25) is 19.2 Å². The molecule has 4 nitrogen and oxygen atoms in total. The first-order chi connectivity index (χ1) is 7.58. The first-order valence-electron chi connectivity index (χ1n) is 5.64. The maximum atomic E-state index is 11.3. The van der Waals surface area contributed by atoms with Crippen molar-refractivity contribution in [3.63, 3.8) is 0 Å². The Kier molecular flexibility index (Phi) is 5.02. The molecule has 0 bridgehead atoms. The Balaban J connectivity index is 2.52. The normalized spacial score (nSPS) is 21.5. The molecule has 88 valence electrons. The highest BCUT2D eigenvalue weighted by molar-refractivity contribution is 5.93. The van der Waals surface area contributed by atoms with Crippen molar-refractivity contribution in [2.24, 2.45) is 0 Å². The maximum Gasteiger partial charge on any atom is 0.133 e. The molecule has 0 N–H and O–H groups in total. The van der Waals surface area contributed by atoms with E-state index in [1.54, 1.807) is 0 Å². The average Bonchev–Trinajstić information content (AvgIpc) is 2.27. The van der Waals surface area contributed by atoms with Crippen LogP contribution in [0.3, 0.4) is 0 Å². The highest BCUT2D eigenvalue weighted by atomic mass is 16.1. The Hall–Kier alpha value is -1.32. The zero-order chi connectivity index (χ0) is 12.0. The molecule has 1 saturated carbocycles. The summed E-state index contributed by atoms with van der Waals surface area (Å²) in [4.78, 5) is 45.1. The molecule has 1 aliphatic carbocycles. The predicted molar refractivity (Wildman–Crippen MR) is 57.0 cm³/mol. The smallest absolute Gasteiger partial charge is 0.133 e. The lowest BCUT2D eigenvalue weighted by molar-refractivity contribution is -0.128. The van der Waals surface area contributed by atoms with Crippen molar-refractivity contribution in [2.75, 3.05) is 0 Å². The third-order valence-corrected chi connectivity index (χ3v) is 2.73. The van der Waals surface area contributed by atoms with Gasteiger partial charge in [0.25, 0.3) is 0 Å². The van der Waals surface area contributed by atoms with E-state index >= 15 is 0 Å². The Morgan fingerprint density at radius 3 is 0.625 bits per heavy atom. The topological polar surface area (TPSA) is 68.3 Å². The van der Waals surface area contributed by atoms with Gasteiger partial charge in [0.1, 0.15) is 23.1 Å². The van der Waals surface area contributed by atoms with Gasteiger partial charge in [-0.1, -0.05) is 0 Å². The summed E-state index contributed by atoms with van der Waals surface area (Å²) >= 11 is 0. The number of carbonyl (C=O) groups is 4. The summed E-state index contributed by atoms with van der Waals surface area (Å²) in [5.74, 6) is -0.135. The molecule has 0 aromatic heterocycles. The molecule has 0 aromatic rings. The van der Waals surface area contributed by atoms with Crippen molar-refractivity contribution < 1.29 is 19.2 Å². The molecule has 16 heavy (non-hydrogen) atoms. The van der Waals surface area contributed by atoms with Gasteiger partial charge in [-0.15, -0.1) is 0 Å². The molecule has 0 radical (unpaired) electrons. The molecular formula is C12H16O4. The molecule has 0 atom stereocenters. The van der Waals surface area contributed by atoms with E-state index in [4.69, 9.17) is 0 Å². The summed E-state index contributed by atoms with van der Waals surface area (Å²) in [7, 11) is 0. The van der Waals surface area contributed by atoms with Crippen molar-refractivity contribution in [2.45, 2.75) is 51.4 Å². The van der Waals surface area contributed by atoms with E-state index in [1.165, 1.54) is 0 Å². The van der Waals surface area contributed by atoms with Gasteiger partial charge in [0.05, 0.1) is 0 Å². The molecular weight excluding hydrogens is 208 g/mol. The number of hydrogen-bond acceptors (Lipinski definition) is 4. The van der Waals surface area contributed by atoms with Crippen molar-refractivity contribution in [1.29, 1.82) is 0 Å². The van der Waals surface area contributed by atoms with Crippen LogP contribution in [-0.2, 0) is 19.2 Å². The largest absolute Gasteiger partial charge is 0.300 e. The second-order valence-electron chi connectivity index (χ2n) is 4.15. The van der Waals surface area contributed by atoms with E-state index in [-0.39, 0.29) is 74.5 Å². The number of rotatable bonds is 0. The minimum absolute atomic E-state index is 0.0337. The van der Waals surface area contributed by atoms with Crippen LogP contribution in [0, 0.1) is 0 Å². The third-order valence-electron chi connectivity index (χ3n) is 2.73. The minimum atomic E-state index is -0.0337. The summed E-state index contributed by atoms with van der Waals surface area (Å²) in [6.45, 7) is 0. The molecule has 4 heteroatoms. The van der Waals surface area contributed by atoms with Crippen molar-refractivity contribution in [1.82, 2.24) is 0 Å². The summed E-state index contributed by atoms with van der Waals surface area (Å²) in [6.07, 6.45) is 1.67. The van der Waals surface area contributed by atoms with Gasteiger partial charge < -0.3 is 0 Å². The van der Waals surface area contributed by atoms with Crippen LogP contribution >= 0.6 is 0 Å². The molecule has 0 unspecified atom stereocenters. The quantitative estimate of drug-likeness (QED) is 0.623. The monoisotopic (exact) mass is 224 g/mol. The van der Waals surface area contributed by atoms with Crippen molar-refractivity contribution in [3.05, 3.63) is 0 Å². The van der Waals surface area contributed by atoms with E-state index in [9.17, 15) is 19.2 Å². The zero-order valence-electron chi connectivity index (χ0n) is 9.29. The summed E-state index contributed by atoms with van der Waals surface area (Å²) in [5, 5.41) is 0. The van der Waals surface area contributed by atoms with Gasteiger partial charge in [0.2, 0.25) is 0 Å². The lowest BCUT2D eigenvalue weighted by Gasteiger charge is -2.04. The van der Waals surface area contributed by atoms with Crippen LogP contribution in [-0.4, -0.2) is 23.1 Å². The van der Waals surface area contributed by atoms with Crippen molar-refractivity contribution >= 4 is 23.1 Å². The summed E-state index contributed by atoms with van der Waals surface area (Å²) in [6, 6.07) is 0. The third kappa shape index (κ3) is 4.96. The highest BCUT2D eigenvalue weighted by Gasteiger charge is 2.14. The SMILES string of the molecule is O=C1CCC(=O)CCC(=O)CCC(=O)CC1. The molecule has 0 saturated heterocycles. The van der Waals surface area contributed by atoms with Gasteiger partial charge in [-0.2, -0.15) is 0 Å². The fraction of sp³-hybridized carbons (Fsp3) is 0.667. The Labute approximate surface area is 94.4 Å². The fourth-order valence-electron chi connectivity index (χ4n) is 1.62. The summed E-state index contributed by atoms with van der Waals surface area (Å²) < 4.78 is 0. The van der Waals surface area contributed by atoms with Gasteiger partial charge in [-0.05, 0) is 0 Å². The standard InChI is InChI=1S/C12H16O4/c13-9-1-2-10(14)5-6-12(16)8-7-11(15)4-3-9/h1-8H2. The van der Waals surface area contributed by atoms with E-state index in [2.05, 4.69) is 0 Å². The second-order valence-corrected chi connectivity index (χ2v) is 4.15. The number of Topliss-reactive ketones (excluding diaryl/α,β-unsaturated/α-hetero) is 4. The van der Waals surface area contributed by atoms with Crippen LogP contribution in [0.2, 0.25) is 0 Å². The van der Waals surface area contributed by atoms with Crippen LogP contribution in [0.15, 0.2) is 0 Å². The molecule has 0 aliphatic heterocycles. The number of carbonyl (C=O) groups excluding carboxylic acids is 4. The van der Waals surface area contributed by atoms with Crippen molar-refractivity contribution in [3.8, 4) is 0 Å². The molecule has 0 amide bonds. The van der Waals surface area contributed by atoms with Gasteiger partial charge in [-0.25, -0.2) is 0 Å². The molecule has 1 rings (SSSR count). The number of ketones is 4. The van der Waals surface area contributed by atoms with Crippen LogP contribution in [0.5, 0.6) is 0 Å². The lowest BCUT2D eigenvalue weighted by Crippen LogP contribution is -2.12. The molecule has 1 aliphatic rings. The second kappa shape index (κ2) is 6.30. The zero-order valence-corrected chi connectivity index (χ0v) is 9.29. The maximum absolute atomic E-state index is 11.3. The van der Waals surface area contributed by atoms with E-state index in [0.29, 0.717) is 0 Å². The molecule has 0 heterocycles. The van der Waals surface area contributed by atoms with E-state index < -0.39 is 0 Å². The van der Waals surface area contributed by atoms with Crippen LogP contribution in [0.4, 0.5) is 0 Å². The van der Waals surface area contributed by atoms with E-state index in [1.807, 2.05) is 0 Å². The Morgan fingerprint density at radius 2 is 0.500 bits per heavy atom. The average molecular weight is 224 g/mol. The first kappa shape index (κ1) is 12.7. The number of hydrogen-bond donors (Lipinski definition) is 0. The predicted octanol–water partition coefficient (Wildman–Crippen LogP) is 1.40. The van der Waals surface area contributed by atoms with Gasteiger partial charge >= 0.3 is 0 Å². The van der Waals surface area contributed by atoms with Crippen LogP contribution in [0.25, 0.3) is 0 Å². The van der Waals surface area contributed by atoms with E-state index in [0.717, 1.165) is 0 Å². The van der Waals surface area contributed by atoms with Crippen LogP contribution in [0.1, 0.15) is 51.4 Å². The van der Waals surface area contributed by atoms with Crippen LogP contribution < -0.4 is 0 Å². The molecule has 0 spiro atoms.